The second-order valence-electron chi connectivity index (χ2n) is 5.30. The Hall–Kier alpha value is -2.60. The number of hydrogen-bond acceptors (Lipinski definition) is 3. The summed E-state index contributed by atoms with van der Waals surface area (Å²) in [7, 11) is 3.65. The van der Waals surface area contributed by atoms with Gasteiger partial charge in [-0.15, -0.1) is 0 Å². The van der Waals surface area contributed by atoms with E-state index < -0.39 is 0 Å². The predicted molar refractivity (Wildman–Crippen MR) is 87.2 cm³/mol. The first kappa shape index (κ1) is 15.3. The van der Waals surface area contributed by atoms with Crippen LogP contribution in [0.15, 0.2) is 49.1 Å². The summed E-state index contributed by atoms with van der Waals surface area (Å²) in [5.41, 5.74) is 2.01. The van der Waals surface area contributed by atoms with Crippen molar-refractivity contribution in [3.05, 3.63) is 71.0 Å². The highest BCUT2D eigenvalue weighted by molar-refractivity contribution is 6.30. The number of carbonyl (C=O) groups is 1. The fourth-order valence-corrected chi connectivity index (χ4v) is 2.43. The Morgan fingerprint density at radius 2 is 1.96 bits per heavy atom. The average Bonchev–Trinajstić information content (AvgIpc) is 3.14. The number of amides is 1. The molecule has 0 saturated carbocycles. The van der Waals surface area contributed by atoms with E-state index in [0.29, 0.717) is 10.7 Å². The molecule has 2 aromatic heterocycles. The fourth-order valence-electron chi connectivity index (χ4n) is 2.31. The van der Waals surface area contributed by atoms with E-state index >= 15 is 0 Å². The van der Waals surface area contributed by atoms with Crippen molar-refractivity contribution in [2.45, 2.75) is 6.04 Å². The maximum Gasteiger partial charge on any atom is 0.272 e. The van der Waals surface area contributed by atoms with Gasteiger partial charge >= 0.3 is 0 Å². The first-order valence-electron chi connectivity index (χ1n) is 7.07. The van der Waals surface area contributed by atoms with Crippen LogP contribution in [0.1, 0.15) is 27.8 Å². The van der Waals surface area contributed by atoms with Crippen molar-refractivity contribution in [1.29, 1.82) is 0 Å². The third-order valence-electron chi connectivity index (χ3n) is 3.45. The minimum atomic E-state index is -0.372. The van der Waals surface area contributed by atoms with Gasteiger partial charge in [-0.05, 0) is 23.8 Å². The van der Waals surface area contributed by atoms with Crippen LogP contribution in [0.3, 0.4) is 0 Å². The van der Waals surface area contributed by atoms with Crippen LogP contribution >= 0.6 is 11.6 Å². The molecular formula is C16H16ClN5O. The molecule has 0 aliphatic rings. The largest absolute Gasteiger partial charge is 0.340 e. The number of rotatable bonds is 4. The Morgan fingerprint density at radius 3 is 2.52 bits per heavy atom. The molecule has 6 nitrogen and oxygen atoms in total. The van der Waals surface area contributed by atoms with Crippen molar-refractivity contribution in [3.63, 3.8) is 0 Å². The number of nitrogens with zero attached hydrogens (tertiary/aromatic N) is 4. The maximum atomic E-state index is 12.4. The summed E-state index contributed by atoms with van der Waals surface area (Å²) in [6.45, 7) is 0. The number of hydrogen-bond donors (Lipinski definition) is 1. The van der Waals surface area contributed by atoms with E-state index in [1.807, 2.05) is 38.5 Å². The van der Waals surface area contributed by atoms with Gasteiger partial charge in [0, 0.05) is 31.5 Å². The molecule has 1 atom stereocenters. The standard InChI is InChI=1S/C16H16ClN5O/c1-21-9-14(18-10-21)16(23)19-15(13-7-8-22(2)20-13)11-3-5-12(17)6-4-11/h3-10,15H,1-2H3,(H,19,23)/t15-/m0/s1. The van der Waals surface area contributed by atoms with Crippen molar-refractivity contribution < 1.29 is 4.79 Å². The fraction of sp³-hybridized carbons (Fsp3) is 0.188. The lowest BCUT2D eigenvalue weighted by atomic mass is 10.0. The Kier molecular flexibility index (Phi) is 4.16. The smallest absolute Gasteiger partial charge is 0.272 e. The van der Waals surface area contributed by atoms with Crippen LogP contribution < -0.4 is 5.32 Å². The van der Waals surface area contributed by atoms with E-state index in [9.17, 15) is 4.79 Å². The molecule has 1 aromatic carbocycles. The first-order valence-corrected chi connectivity index (χ1v) is 7.44. The summed E-state index contributed by atoms with van der Waals surface area (Å²) >= 11 is 5.95. The number of imidazole rings is 1. The molecule has 0 radical (unpaired) electrons. The van der Waals surface area contributed by atoms with E-state index in [1.165, 1.54) is 0 Å². The molecule has 1 amide bonds. The van der Waals surface area contributed by atoms with Gasteiger partial charge in [-0.3, -0.25) is 9.48 Å². The lowest BCUT2D eigenvalue weighted by molar-refractivity contribution is 0.0937. The number of nitrogens with one attached hydrogen (secondary N) is 1. The van der Waals surface area contributed by atoms with E-state index in [2.05, 4.69) is 15.4 Å². The van der Waals surface area contributed by atoms with Gasteiger partial charge in [0.05, 0.1) is 18.1 Å². The topological polar surface area (TPSA) is 64.7 Å². The molecule has 23 heavy (non-hydrogen) atoms. The van der Waals surface area contributed by atoms with Gasteiger partial charge in [-0.2, -0.15) is 5.10 Å². The minimum absolute atomic E-state index is 0.254. The SMILES string of the molecule is Cn1cnc(C(=O)N[C@@H](c2ccc(Cl)cc2)c2ccn(C)n2)c1. The molecule has 3 rings (SSSR count). The zero-order valence-corrected chi connectivity index (χ0v) is 13.5. The molecule has 0 spiro atoms. The number of aromatic nitrogens is 4. The van der Waals surface area contributed by atoms with Crippen molar-refractivity contribution >= 4 is 17.5 Å². The van der Waals surface area contributed by atoms with Crippen LogP contribution in [-0.4, -0.2) is 25.2 Å². The van der Waals surface area contributed by atoms with E-state index in [0.717, 1.165) is 11.3 Å². The summed E-state index contributed by atoms with van der Waals surface area (Å²) in [5, 5.41) is 8.03. The van der Waals surface area contributed by atoms with Crippen LogP contribution in [0.4, 0.5) is 0 Å². The third-order valence-corrected chi connectivity index (χ3v) is 3.70. The van der Waals surface area contributed by atoms with Crippen LogP contribution in [0.2, 0.25) is 5.02 Å². The van der Waals surface area contributed by atoms with Gasteiger partial charge in [0.1, 0.15) is 5.69 Å². The molecule has 7 heteroatoms. The summed E-state index contributed by atoms with van der Waals surface area (Å²) in [5.74, 6) is -0.254. The second kappa shape index (κ2) is 6.26. The van der Waals surface area contributed by atoms with E-state index in [1.54, 1.807) is 33.9 Å². The Balaban J connectivity index is 1.92. The molecule has 118 valence electrons. The summed E-state index contributed by atoms with van der Waals surface area (Å²) in [4.78, 5) is 16.5. The molecule has 2 heterocycles. The third kappa shape index (κ3) is 3.43. The predicted octanol–water partition coefficient (Wildman–Crippen LogP) is 2.33. The molecule has 0 bridgehead atoms. The maximum absolute atomic E-state index is 12.4. The van der Waals surface area contributed by atoms with Crippen molar-refractivity contribution in [1.82, 2.24) is 24.6 Å². The van der Waals surface area contributed by atoms with Gasteiger partial charge in [-0.25, -0.2) is 4.98 Å². The molecule has 0 saturated heterocycles. The van der Waals surface area contributed by atoms with Crippen molar-refractivity contribution in [2.75, 3.05) is 0 Å². The molecule has 1 N–H and O–H groups in total. The molecule has 3 aromatic rings. The number of carbonyl (C=O) groups excluding carboxylic acids is 1. The van der Waals surface area contributed by atoms with Gasteiger partial charge in [0.25, 0.3) is 5.91 Å². The normalized spacial score (nSPS) is 12.1. The molecule has 0 aliphatic carbocycles. The molecule has 0 fully saturated rings. The summed E-state index contributed by atoms with van der Waals surface area (Å²) in [6.07, 6.45) is 5.10. The lowest BCUT2D eigenvalue weighted by Crippen LogP contribution is -2.30. The average molecular weight is 330 g/mol. The number of aryl methyl sites for hydroxylation is 2. The van der Waals surface area contributed by atoms with E-state index in [-0.39, 0.29) is 11.9 Å². The Bertz CT molecular complexity index is 821. The zero-order chi connectivity index (χ0) is 16.4. The highest BCUT2D eigenvalue weighted by Gasteiger charge is 2.21. The van der Waals surface area contributed by atoms with Gasteiger partial charge in [0.15, 0.2) is 0 Å². The summed E-state index contributed by atoms with van der Waals surface area (Å²) in [6, 6.07) is 8.83. The van der Waals surface area contributed by atoms with Crippen LogP contribution in [-0.2, 0) is 14.1 Å². The highest BCUT2D eigenvalue weighted by atomic mass is 35.5. The lowest BCUT2D eigenvalue weighted by Gasteiger charge is -2.17. The van der Waals surface area contributed by atoms with Crippen molar-refractivity contribution in [3.8, 4) is 0 Å². The first-order chi connectivity index (χ1) is 11.0. The Morgan fingerprint density at radius 1 is 1.22 bits per heavy atom. The highest BCUT2D eigenvalue weighted by Crippen LogP contribution is 2.22. The minimum Gasteiger partial charge on any atom is -0.340 e. The van der Waals surface area contributed by atoms with Gasteiger partial charge in [-0.1, -0.05) is 23.7 Å². The number of halogens is 1. The second-order valence-corrected chi connectivity index (χ2v) is 5.73. The molecule has 0 unspecified atom stereocenters. The monoisotopic (exact) mass is 329 g/mol. The van der Waals surface area contributed by atoms with Crippen LogP contribution in [0.25, 0.3) is 0 Å². The van der Waals surface area contributed by atoms with Crippen LogP contribution in [0.5, 0.6) is 0 Å². The van der Waals surface area contributed by atoms with E-state index in [4.69, 9.17) is 11.6 Å². The quantitative estimate of drug-likeness (QED) is 0.799. The zero-order valence-electron chi connectivity index (χ0n) is 12.8. The van der Waals surface area contributed by atoms with Gasteiger partial charge < -0.3 is 9.88 Å². The van der Waals surface area contributed by atoms with Crippen LogP contribution in [0, 0.1) is 0 Å². The molecule has 0 aliphatic heterocycles. The Labute approximate surface area is 138 Å². The summed E-state index contributed by atoms with van der Waals surface area (Å²) < 4.78 is 3.43. The molecular weight excluding hydrogens is 314 g/mol. The number of benzene rings is 1. The van der Waals surface area contributed by atoms with Gasteiger partial charge in [0.2, 0.25) is 0 Å². The van der Waals surface area contributed by atoms with Crippen molar-refractivity contribution in [2.24, 2.45) is 14.1 Å².